The molecule has 0 unspecified atom stereocenters. The molecule has 6 heterocycles. The first-order valence-corrected chi connectivity index (χ1v) is 12.0. The molecule has 0 radical (unpaired) electrons. The Bertz CT molecular complexity index is 1520. The van der Waals surface area contributed by atoms with Gasteiger partial charge in [0.05, 0.1) is 35.0 Å². The minimum absolute atomic E-state index is 0.688. The number of pyridine rings is 3. The summed E-state index contributed by atoms with van der Waals surface area (Å²) in [6, 6.07) is 6.12. The predicted octanol–water partition coefficient (Wildman–Crippen LogP) is 5.28. The molecular formula is C26H27N9. The van der Waals surface area contributed by atoms with Gasteiger partial charge in [0.2, 0.25) is 0 Å². The first-order valence-electron chi connectivity index (χ1n) is 12.0. The second-order valence-electron chi connectivity index (χ2n) is 8.89. The highest BCUT2D eigenvalue weighted by molar-refractivity contribution is 5.96. The van der Waals surface area contributed by atoms with Crippen LogP contribution in [0, 0.1) is 0 Å². The van der Waals surface area contributed by atoms with Crippen molar-refractivity contribution in [3.63, 3.8) is 0 Å². The maximum atomic E-state index is 4.79. The van der Waals surface area contributed by atoms with Gasteiger partial charge >= 0.3 is 0 Å². The average Bonchev–Trinajstić information content (AvgIpc) is 3.53. The molecule has 0 aliphatic carbocycles. The van der Waals surface area contributed by atoms with Crippen molar-refractivity contribution in [2.24, 2.45) is 0 Å². The van der Waals surface area contributed by atoms with Crippen LogP contribution in [0.4, 0.5) is 11.4 Å². The fraction of sp³-hybridized carbons (Fsp3) is 0.269. The number of aromatic nitrogens is 7. The highest BCUT2D eigenvalue weighted by Crippen LogP contribution is 2.32. The van der Waals surface area contributed by atoms with Crippen LogP contribution in [-0.4, -0.2) is 48.2 Å². The van der Waals surface area contributed by atoms with Gasteiger partial charge in [-0.05, 0) is 43.9 Å². The second-order valence-corrected chi connectivity index (χ2v) is 8.89. The summed E-state index contributed by atoms with van der Waals surface area (Å²) in [5.74, 6) is 0.688. The Balaban J connectivity index is 1.39. The summed E-state index contributed by atoms with van der Waals surface area (Å²) in [4.78, 5) is 24.2. The van der Waals surface area contributed by atoms with E-state index in [-0.39, 0.29) is 0 Å². The number of hydrogen-bond acceptors (Lipinski definition) is 7. The van der Waals surface area contributed by atoms with Crippen LogP contribution in [0.1, 0.15) is 32.6 Å². The molecule has 0 atom stereocenters. The van der Waals surface area contributed by atoms with Gasteiger partial charge in [-0.2, -0.15) is 5.10 Å². The van der Waals surface area contributed by atoms with Gasteiger partial charge in [0, 0.05) is 42.1 Å². The third-order valence-corrected chi connectivity index (χ3v) is 6.52. The lowest BCUT2D eigenvalue weighted by molar-refractivity contribution is 0.578. The van der Waals surface area contributed by atoms with Crippen molar-refractivity contribution in [2.45, 2.75) is 32.6 Å². The molecule has 0 spiro atoms. The van der Waals surface area contributed by atoms with Crippen molar-refractivity contribution >= 4 is 33.4 Å². The smallest absolute Gasteiger partial charge is 0.180 e. The molecular weight excluding hydrogens is 438 g/mol. The summed E-state index contributed by atoms with van der Waals surface area (Å²) in [6.45, 7) is 8.19. The number of hydrogen-bond donors (Lipinski definition) is 3. The third kappa shape index (κ3) is 3.99. The summed E-state index contributed by atoms with van der Waals surface area (Å²) >= 11 is 0. The molecule has 0 amide bonds. The Labute approximate surface area is 202 Å². The average molecular weight is 466 g/mol. The predicted molar refractivity (Wildman–Crippen MR) is 139 cm³/mol. The summed E-state index contributed by atoms with van der Waals surface area (Å²) in [7, 11) is 0. The fourth-order valence-corrected chi connectivity index (χ4v) is 4.60. The van der Waals surface area contributed by atoms with Gasteiger partial charge in [-0.15, -0.1) is 0 Å². The van der Waals surface area contributed by atoms with E-state index < -0.39 is 0 Å². The van der Waals surface area contributed by atoms with E-state index in [1.165, 1.54) is 19.3 Å². The number of H-pyrrole nitrogens is 2. The van der Waals surface area contributed by atoms with Crippen LogP contribution in [0.25, 0.3) is 44.8 Å². The molecule has 6 rings (SSSR count). The van der Waals surface area contributed by atoms with Crippen molar-refractivity contribution in [1.29, 1.82) is 0 Å². The third-order valence-electron chi connectivity index (χ3n) is 6.52. The van der Waals surface area contributed by atoms with E-state index in [1.807, 2.05) is 24.5 Å². The number of fused-ring (bicyclic) bond motifs is 2. The normalized spacial score (nSPS) is 14.0. The first kappa shape index (κ1) is 21.3. The SMILES string of the molecule is C=C(CC)Nc1cncc(-c2cc3c(-c4nc5nccc(N6CCCCC6)c5[nH]4)n[nH]c3cn2)c1. The summed E-state index contributed by atoms with van der Waals surface area (Å²) in [5.41, 5.74) is 7.93. The van der Waals surface area contributed by atoms with E-state index in [9.17, 15) is 0 Å². The Morgan fingerprint density at radius 1 is 1.11 bits per heavy atom. The van der Waals surface area contributed by atoms with Crippen molar-refractivity contribution in [3.8, 4) is 22.8 Å². The van der Waals surface area contributed by atoms with Gasteiger partial charge in [0.1, 0.15) is 11.2 Å². The number of piperidine rings is 1. The molecule has 1 fully saturated rings. The molecule has 5 aromatic heterocycles. The number of allylic oxidation sites excluding steroid dienone is 1. The monoisotopic (exact) mass is 465 g/mol. The molecule has 9 nitrogen and oxygen atoms in total. The van der Waals surface area contributed by atoms with Crippen molar-refractivity contribution < 1.29 is 0 Å². The zero-order valence-electron chi connectivity index (χ0n) is 19.7. The molecule has 5 aromatic rings. The quantitative estimate of drug-likeness (QED) is 0.313. The van der Waals surface area contributed by atoms with Crippen LogP contribution in [0.15, 0.2) is 55.3 Å². The molecule has 9 heteroatoms. The van der Waals surface area contributed by atoms with Crippen molar-refractivity contribution in [2.75, 3.05) is 23.3 Å². The molecule has 35 heavy (non-hydrogen) atoms. The van der Waals surface area contributed by atoms with E-state index in [4.69, 9.17) is 4.98 Å². The van der Waals surface area contributed by atoms with Gasteiger partial charge in [-0.3, -0.25) is 15.1 Å². The molecule has 1 aliphatic rings. The van der Waals surface area contributed by atoms with Gasteiger partial charge in [0.15, 0.2) is 11.5 Å². The van der Waals surface area contributed by atoms with Crippen LogP contribution >= 0.6 is 0 Å². The van der Waals surface area contributed by atoms with Gasteiger partial charge in [0.25, 0.3) is 0 Å². The molecule has 3 N–H and O–H groups in total. The van der Waals surface area contributed by atoms with Gasteiger partial charge in [-0.25, -0.2) is 9.97 Å². The Morgan fingerprint density at radius 3 is 2.86 bits per heavy atom. The largest absolute Gasteiger partial charge is 0.370 e. The molecule has 0 saturated carbocycles. The van der Waals surface area contributed by atoms with Gasteiger partial charge < -0.3 is 15.2 Å². The molecule has 1 saturated heterocycles. The van der Waals surface area contributed by atoms with Crippen LogP contribution in [0.5, 0.6) is 0 Å². The summed E-state index contributed by atoms with van der Waals surface area (Å²) in [5, 5.41) is 11.9. The summed E-state index contributed by atoms with van der Waals surface area (Å²) in [6.07, 6.45) is 11.8. The Morgan fingerprint density at radius 2 is 2.00 bits per heavy atom. The zero-order chi connectivity index (χ0) is 23.8. The Hall–Kier alpha value is -4.27. The van der Waals surface area contributed by atoms with E-state index >= 15 is 0 Å². The van der Waals surface area contributed by atoms with Crippen LogP contribution < -0.4 is 10.2 Å². The van der Waals surface area contributed by atoms with Crippen LogP contribution in [0.2, 0.25) is 0 Å². The number of anilines is 2. The number of aromatic amines is 2. The Kier molecular flexibility index (Phi) is 5.36. The highest BCUT2D eigenvalue weighted by atomic mass is 15.2. The topological polar surface area (TPSA) is 111 Å². The fourth-order valence-electron chi connectivity index (χ4n) is 4.60. The van der Waals surface area contributed by atoms with E-state index in [2.05, 4.69) is 59.9 Å². The molecule has 0 aromatic carbocycles. The summed E-state index contributed by atoms with van der Waals surface area (Å²) < 4.78 is 0. The van der Waals surface area contributed by atoms with Gasteiger partial charge in [-0.1, -0.05) is 13.5 Å². The van der Waals surface area contributed by atoms with Crippen molar-refractivity contribution in [1.82, 2.24) is 35.1 Å². The van der Waals surface area contributed by atoms with Crippen molar-refractivity contribution in [3.05, 3.63) is 55.3 Å². The zero-order valence-corrected chi connectivity index (χ0v) is 19.7. The van der Waals surface area contributed by atoms with Crippen LogP contribution in [0.3, 0.4) is 0 Å². The molecule has 1 aliphatic heterocycles. The lowest BCUT2D eigenvalue weighted by atomic mass is 10.1. The molecule has 176 valence electrons. The van der Waals surface area contributed by atoms with E-state index in [0.29, 0.717) is 11.5 Å². The number of imidazole rings is 1. The number of nitrogens with one attached hydrogen (secondary N) is 3. The standard InChI is InChI=1S/C26H27N9/c1-3-16(2)30-18-11-17(13-27-14-18)20-12-19-21(15-29-20)33-34-23(19)26-31-24-22(7-8-28-25(24)32-26)35-9-5-4-6-10-35/h7-8,11-15,30H,2-6,9-10H2,1H3,(H,33,34)(H,28,31,32). The highest BCUT2D eigenvalue weighted by Gasteiger charge is 2.19. The maximum absolute atomic E-state index is 4.79. The first-order chi connectivity index (χ1) is 17.2. The van der Waals surface area contributed by atoms with E-state index in [0.717, 1.165) is 70.0 Å². The second kappa shape index (κ2) is 8.83. The number of nitrogens with zero attached hydrogens (tertiary/aromatic N) is 6. The molecule has 0 bridgehead atoms. The lowest BCUT2D eigenvalue weighted by Gasteiger charge is -2.28. The number of rotatable bonds is 6. The lowest BCUT2D eigenvalue weighted by Crippen LogP contribution is -2.29. The maximum Gasteiger partial charge on any atom is 0.180 e. The van der Waals surface area contributed by atoms with E-state index in [1.54, 1.807) is 12.4 Å². The minimum Gasteiger partial charge on any atom is -0.370 e. The minimum atomic E-state index is 0.688. The van der Waals surface area contributed by atoms with Crippen LogP contribution in [-0.2, 0) is 0 Å².